The summed E-state index contributed by atoms with van der Waals surface area (Å²) in [5, 5.41) is 36.5. The third-order valence-electron chi connectivity index (χ3n) is 9.66. The molecule has 6 atom stereocenters. The van der Waals surface area contributed by atoms with Gasteiger partial charge in [-0.15, -0.1) is 0 Å². The number of aromatic hydroxyl groups is 2. The number of aliphatic hydroxyl groups is 1. The van der Waals surface area contributed by atoms with Crippen LogP contribution < -0.4 is 14.5 Å². The normalized spacial score (nSPS) is 24.8. The van der Waals surface area contributed by atoms with Gasteiger partial charge >= 0.3 is 222 Å². The molecular weight excluding hydrogens is 786 g/mol. The molecule has 0 saturated carbocycles. The number of carbonyl (C=O) groups excluding carboxylic acids is 5. The minimum atomic E-state index is -5.31. The fraction of sp³-hybridized carbons (Fsp3) is 0.378. The van der Waals surface area contributed by atoms with Crippen LogP contribution in [0.15, 0.2) is 48.5 Å². The first-order valence-electron chi connectivity index (χ1n) is 16.6. The number of phenolic OH excluding ortho intramolecular Hbond substituents is 2. The summed E-state index contributed by atoms with van der Waals surface area (Å²) in [5.41, 5.74) is -4.28. The van der Waals surface area contributed by atoms with Gasteiger partial charge in [-0.3, -0.25) is 14.4 Å². The van der Waals surface area contributed by atoms with Gasteiger partial charge in [0.1, 0.15) is 5.75 Å². The van der Waals surface area contributed by atoms with Crippen LogP contribution in [0.4, 0.5) is 13.2 Å². The minimum absolute atomic E-state index is 0.0137. The Labute approximate surface area is 311 Å². The summed E-state index contributed by atoms with van der Waals surface area (Å²) in [6, 6.07) is 11.7. The first-order chi connectivity index (χ1) is 25.4. The van der Waals surface area contributed by atoms with Crippen molar-refractivity contribution in [3.8, 4) is 17.2 Å². The van der Waals surface area contributed by atoms with Gasteiger partial charge in [0, 0.05) is 5.56 Å². The van der Waals surface area contributed by atoms with Crippen molar-refractivity contribution in [2.45, 2.75) is 80.9 Å². The Kier molecular flexibility index (Phi) is 10.7. The third-order valence-corrected chi connectivity index (χ3v) is 11.7. The summed E-state index contributed by atoms with van der Waals surface area (Å²) < 4.78 is 64.2. The average molecular weight is 821 g/mol. The Balaban J connectivity index is 1.34. The molecule has 0 bridgehead atoms. The second-order valence-corrected chi connectivity index (χ2v) is 15.3. The zero-order valence-corrected chi connectivity index (χ0v) is 30.6. The number of ketones is 3. The summed E-state index contributed by atoms with van der Waals surface area (Å²) in [7, 11) is 1.27. The number of benzene rings is 3. The molecule has 3 aliphatic rings. The molecule has 1 heterocycles. The van der Waals surface area contributed by atoms with Crippen LogP contribution in [0, 0.1) is 0 Å². The Morgan fingerprint density at radius 1 is 1.00 bits per heavy atom. The summed E-state index contributed by atoms with van der Waals surface area (Å²) in [4.78, 5) is 65.5. The van der Waals surface area contributed by atoms with Crippen molar-refractivity contribution in [3.05, 3.63) is 81.9 Å². The molecule has 3 aromatic carbocycles. The maximum atomic E-state index is 13.9. The van der Waals surface area contributed by atoms with Gasteiger partial charge in [-0.1, -0.05) is 12.1 Å². The summed E-state index contributed by atoms with van der Waals surface area (Å²) in [5.74, 6) is -7.17. The molecule has 0 radical (unpaired) electrons. The predicted octanol–water partition coefficient (Wildman–Crippen LogP) is 2.75. The second-order valence-electron chi connectivity index (χ2n) is 13.1. The van der Waals surface area contributed by atoms with Gasteiger partial charge in [-0.2, -0.15) is 0 Å². The van der Waals surface area contributed by atoms with E-state index in [2.05, 4.69) is 0 Å². The maximum absolute atomic E-state index is 13.9. The number of phenols is 2. The number of halogens is 3. The number of rotatable bonds is 9. The van der Waals surface area contributed by atoms with Gasteiger partial charge in [0.25, 0.3) is 0 Å². The first kappa shape index (κ1) is 38.9. The van der Waals surface area contributed by atoms with Gasteiger partial charge in [0.15, 0.2) is 5.78 Å². The van der Waals surface area contributed by atoms with Gasteiger partial charge in [-0.05, 0) is 13.0 Å². The van der Waals surface area contributed by atoms with Gasteiger partial charge < -0.3 is 9.84 Å². The van der Waals surface area contributed by atoms with Crippen LogP contribution in [0.1, 0.15) is 75.8 Å². The van der Waals surface area contributed by atoms with Crippen LogP contribution in [0.25, 0.3) is 0 Å². The number of ether oxygens (including phenoxy) is 4. The number of Topliss-reactive ketones (excluding diaryl/α,β-unsaturated/α-hetero) is 1. The summed E-state index contributed by atoms with van der Waals surface area (Å²) in [6.45, 7) is 2.44. The van der Waals surface area contributed by atoms with Crippen molar-refractivity contribution in [3.63, 3.8) is 0 Å². The molecule has 13 nitrogen and oxygen atoms in total. The molecule has 54 heavy (non-hydrogen) atoms. The predicted molar refractivity (Wildman–Crippen MR) is 181 cm³/mol. The second kappa shape index (κ2) is 14.8. The molecule has 0 spiro atoms. The number of hydrogen-bond donors (Lipinski definition) is 4. The molecule has 3 aromatic rings. The number of hydrogen-bond acceptors (Lipinski definition) is 12. The molecule has 0 unspecified atom stereocenters. The van der Waals surface area contributed by atoms with E-state index in [-0.39, 0.29) is 48.3 Å². The Bertz CT molecular complexity index is 2040. The van der Waals surface area contributed by atoms with Crippen LogP contribution in [0.3, 0.4) is 0 Å². The molecule has 1 saturated heterocycles. The molecule has 286 valence electrons. The molecule has 17 heteroatoms. The number of amides is 1. The van der Waals surface area contributed by atoms with Crippen molar-refractivity contribution in [2.24, 2.45) is 0 Å². The standard InChI is InChI=1S/C37H34F3NO12Se/c1-16-34(53-24(43)15-54-18-8-5-4-6-9-18)21(41-35(48)37(38,39)40)12-25(51-16)52-23-14-36(49,17(2)42)13-20-27(23)33(47)29-28(31(20)45)30(44)19-10-7-11-22(50-3)26(19)32(29)46/h4-11,16,21,23,25,34,45,47,49H,12-15H2,1-3H3,(H,41,48)/t16-,21-,23-,25-,34-,36-/m0/s1. The molecular formula is C37H34F3NO12Se. The fourth-order valence-electron chi connectivity index (χ4n) is 7.03. The van der Waals surface area contributed by atoms with Crippen LogP contribution in [-0.4, -0.2) is 103 Å². The van der Waals surface area contributed by atoms with E-state index in [1.807, 2.05) is 5.32 Å². The van der Waals surface area contributed by atoms with Crippen molar-refractivity contribution >= 4 is 48.6 Å². The van der Waals surface area contributed by atoms with E-state index in [4.69, 9.17) is 18.9 Å². The van der Waals surface area contributed by atoms with E-state index >= 15 is 0 Å². The van der Waals surface area contributed by atoms with Gasteiger partial charge in [-0.25, -0.2) is 0 Å². The topological polar surface area (TPSA) is 195 Å². The monoisotopic (exact) mass is 821 g/mol. The number of fused-ring (bicyclic) bond motifs is 3. The van der Waals surface area contributed by atoms with Gasteiger partial charge in [0.05, 0.1) is 18.2 Å². The molecule has 1 fully saturated rings. The van der Waals surface area contributed by atoms with E-state index in [0.29, 0.717) is 0 Å². The first-order valence-corrected chi connectivity index (χ1v) is 18.7. The number of alkyl halides is 3. The van der Waals surface area contributed by atoms with Crippen molar-refractivity contribution in [2.75, 3.05) is 7.11 Å². The molecule has 1 amide bonds. The zero-order chi connectivity index (χ0) is 39.3. The van der Waals surface area contributed by atoms with Crippen molar-refractivity contribution in [1.82, 2.24) is 5.32 Å². The van der Waals surface area contributed by atoms with E-state index in [9.17, 15) is 52.5 Å². The van der Waals surface area contributed by atoms with Crippen LogP contribution in [0.5, 0.6) is 17.2 Å². The van der Waals surface area contributed by atoms with Crippen LogP contribution in [0.2, 0.25) is 5.32 Å². The van der Waals surface area contributed by atoms with E-state index in [1.54, 1.807) is 30.3 Å². The van der Waals surface area contributed by atoms with Crippen LogP contribution in [-0.2, 0) is 35.0 Å². The molecule has 6 rings (SSSR count). The Hall–Kier alpha value is -4.80. The summed E-state index contributed by atoms with van der Waals surface area (Å²) >= 11 is -0.374. The van der Waals surface area contributed by atoms with Crippen molar-refractivity contribution in [1.29, 1.82) is 0 Å². The molecule has 0 aromatic heterocycles. The quantitative estimate of drug-likeness (QED) is 0.110. The Morgan fingerprint density at radius 2 is 1.69 bits per heavy atom. The SMILES string of the molecule is COc1cccc2c1C(=O)c1c(O)c3c(c(O)c1C2=O)C[C@@](O)(C(C)=O)C[C@@H]3O[C@H]1C[C@H](NC(=O)C(F)(F)F)[C@@H](OC(=O)C[Se]c2ccccc2)[C@H](C)O1. The van der Waals surface area contributed by atoms with E-state index < -0.39 is 114 Å². The summed E-state index contributed by atoms with van der Waals surface area (Å²) in [6.07, 6.45) is -12.8. The molecule has 4 N–H and O–H groups in total. The third kappa shape index (κ3) is 7.21. The van der Waals surface area contributed by atoms with Gasteiger partial charge in [0.2, 0.25) is 5.78 Å². The fourth-order valence-corrected chi connectivity index (χ4v) is 8.50. The molecule has 1 aliphatic heterocycles. The van der Waals surface area contributed by atoms with E-state index in [0.717, 1.165) is 11.4 Å². The van der Waals surface area contributed by atoms with Crippen LogP contribution >= 0.6 is 0 Å². The van der Waals surface area contributed by atoms with Crippen molar-refractivity contribution < 1.29 is 71.4 Å². The Morgan fingerprint density at radius 3 is 2.33 bits per heavy atom. The number of esters is 1. The van der Waals surface area contributed by atoms with E-state index in [1.165, 1.54) is 32.2 Å². The number of methoxy groups -OCH3 is 1. The molecule has 2 aliphatic carbocycles. The zero-order valence-electron chi connectivity index (χ0n) is 28.9. The average Bonchev–Trinajstić information content (AvgIpc) is 3.12. The number of nitrogens with one attached hydrogen (secondary N) is 1. The number of carbonyl (C=O) groups is 5.